The SMILES string of the molecule is NC[C@@H]1CCC(N)[C@@H](OC2C(O)C(O[C@H]3OC(CO)C(O)[C@H](N)C3O)[C@H](NC(=O)C(O)(CN)CN)C[C@@H]2N)O1. The number of carbonyl (C=O) groups excluding carboxylic acids is 1. The normalized spacial score (nSPS) is 43.7. The number of rotatable bonds is 10. The van der Waals surface area contributed by atoms with E-state index in [2.05, 4.69) is 5.32 Å². The van der Waals surface area contributed by atoms with Crippen molar-refractivity contribution >= 4 is 5.91 Å². The Kier molecular flexibility index (Phi) is 11.4. The molecule has 2 aliphatic heterocycles. The molecule has 1 amide bonds. The van der Waals surface area contributed by atoms with Crippen LogP contribution in [0.15, 0.2) is 0 Å². The van der Waals surface area contributed by atoms with E-state index < -0.39 is 105 Å². The van der Waals surface area contributed by atoms with Gasteiger partial charge in [0.25, 0.3) is 5.91 Å². The molecule has 1 saturated carbocycles. The van der Waals surface area contributed by atoms with Crippen molar-refractivity contribution in [3.05, 3.63) is 0 Å². The Bertz CT molecular complexity index is 796. The Labute approximate surface area is 226 Å². The van der Waals surface area contributed by atoms with Crippen LogP contribution in [-0.4, -0.2) is 143 Å². The largest absolute Gasteiger partial charge is 0.394 e. The molecule has 1 aliphatic carbocycles. The zero-order valence-electron chi connectivity index (χ0n) is 21.7. The van der Waals surface area contributed by atoms with Gasteiger partial charge in [-0.2, -0.15) is 0 Å². The molecule has 18 N–H and O–H groups in total. The van der Waals surface area contributed by atoms with E-state index in [1.807, 2.05) is 0 Å². The van der Waals surface area contributed by atoms with Gasteiger partial charge in [-0.25, -0.2) is 0 Å². The van der Waals surface area contributed by atoms with Gasteiger partial charge >= 0.3 is 0 Å². The Balaban J connectivity index is 1.86. The summed E-state index contributed by atoms with van der Waals surface area (Å²) in [5.74, 6) is -0.932. The van der Waals surface area contributed by atoms with Crippen molar-refractivity contribution in [3.63, 3.8) is 0 Å². The van der Waals surface area contributed by atoms with Gasteiger partial charge in [-0.3, -0.25) is 4.79 Å². The van der Waals surface area contributed by atoms with E-state index >= 15 is 0 Å². The molecule has 2 saturated heterocycles. The quantitative estimate of drug-likeness (QED) is 0.117. The van der Waals surface area contributed by atoms with Crippen molar-refractivity contribution < 1.29 is 49.3 Å². The number of aliphatic hydroxyl groups is 5. The Morgan fingerprint density at radius 1 is 0.897 bits per heavy atom. The fraction of sp³-hybridized carbons (Fsp3) is 0.955. The molecule has 7 unspecified atom stereocenters. The third-order valence-electron chi connectivity index (χ3n) is 7.71. The summed E-state index contributed by atoms with van der Waals surface area (Å²) in [5, 5.41) is 54.8. The topological polar surface area (TPSA) is 323 Å². The van der Waals surface area contributed by atoms with E-state index in [0.717, 1.165) is 0 Å². The standard InChI is InChI=1S/C22H45N7O10/c23-4-8-1-2-9(26)19(36-8)38-17-10(27)3-11(29-21(34)22(35,6-24)7-25)18(16(17)33)39-20-15(32)13(28)14(31)12(5-30)37-20/h8-20,30-33,35H,1-7,23-28H2,(H,29,34)/t8-,9?,10-,11+,12?,13-,14?,15?,16?,17?,18?,19+,20+/m0/s1. The first-order chi connectivity index (χ1) is 18.4. The molecule has 17 heteroatoms. The molecule has 13 atom stereocenters. The molecule has 0 spiro atoms. The van der Waals surface area contributed by atoms with Crippen LogP contribution in [-0.2, 0) is 23.7 Å². The molecule has 39 heavy (non-hydrogen) atoms. The second kappa shape index (κ2) is 13.7. The fourth-order valence-electron chi connectivity index (χ4n) is 5.03. The summed E-state index contributed by atoms with van der Waals surface area (Å²) in [4.78, 5) is 12.9. The van der Waals surface area contributed by atoms with Crippen molar-refractivity contribution in [1.29, 1.82) is 0 Å². The first-order valence-electron chi connectivity index (χ1n) is 13.1. The summed E-state index contributed by atoms with van der Waals surface area (Å²) in [7, 11) is 0. The molecular formula is C22H45N7O10. The maximum atomic E-state index is 12.9. The predicted molar refractivity (Wildman–Crippen MR) is 134 cm³/mol. The van der Waals surface area contributed by atoms with Gasteiger partial charge in [-0.1, -0.05) is 0 Å². The van der Waals surface area contributed by atoms with Crippen LogP contribution in [0.5, 0.6) is 0 Å². The smallest absolute Gasteiger partial charge is 0.254 e. The number of nitrogens with one attached hydrogen (secondary N) is 1. The molecule has 3 fully saturated rings. The van der Waals surface area contributed by atoms with Gasteiger partial charge in [0.2, 0.25) is 0 Å². The summed E-state index contributed by atoms with van der Waals surface area (Å²) in [5.41, 5.74) is 33.1. The van der Waals surface area contributed by atoms with Gasteiger partial charge in [0.05, 0.1) is 30.8 Å². The van der Waals surface area contributed by atoms with Crippen molar-refractivity contribution in [1.82, 2.24) is 5.32 Å². The van der Waals surface area contributed by atoms with Crippen LogP contribution in [0.1, 0.15) is 19.3 Å². The molecule has 17 nitrogen and oxygen atoms in total. The lowest BCUT2D eigenvalue weighted by Gasteiger charge is -2.48. The Hall–Kier alpha value is -1.13. The molecule has 3 aliphatic rings. The van der Waals surface area contributed by atoms with Crippen molar-refractivity contribution in [2.24, 2.45) is 34.4 Å². The third-order valence-corrected chi connectivity index (χ3v) is 7.71. The summed E-state index contributed by atoms with van der Waals surface area (Å²) >= 11 is 0. The lowest BCUT2D eigenvalue weighted by molar-refractivity contribution is -0.314. The monoisotopic (exact) mass is 567 g/mol. The van der Waals surface area contributed by atoms with Crippen LogP contribution in [0.25, 0.3) is 0 Å². The molecule has 3 rings (SSSR count). The molecule has 0 bridgehead atoms. The van der Waals surface area contributed by atoms with Gasteiger partial charge in [0.15, 0.2) is 18.2 Å². The Morgan fingerprint density at radius 2 is 1.54 bits per heavy atom. The molecule has 0 aromatic carbocycles. The predicted octanol–water partition coefficient (Wildman–Crippen LogP) is -7.46. The minimum atomic E-state index is -2.11. The van der Waals surface area contributed by atoms with Gasteiger partial charge in [-0.05, 0) is 19.3 Å². The number of amides is 1. The van der Waals surface area contributed by atoms with Gasteiger partial charge in [-0.15, -0.1) is 0 Å². The van der Waals surface area contributed by atoms with Crippen molar-refractivity contribution in [2.45, 2.75) is 104 Å². The summed E-state index contributed by atoms with van der Waals surface area (Å²) in [6, 6.07) is -3.72. The molecule has 0 radical (unpaired) electrons. The number of aliphatic hydroxyl groups excluding tert-OH is 4. The minimum Gasteiger partial charge on any atom is -0.394 e. The van der Waals surface area contributed by atoms with E-state index in [0.29, 0.717) is 12.8 Å². The van der Waals surface area contributed by atoms with Crippen LogP contribution >= 0.6 is 0 Å². The van der Waals surface area contributed by atoms with E-state index in [9.17, 15) is 30.3 Å². The number of carbonyl (C=O) groups is 1. The van der Waals surface area contributed by atoms with Crippen LogP contribution in [0.3, 0.4) is 0 Å². The average Bonchev–Trinajstić information content (AvgIpc) is 2.93. The zero-order chi connectivity index (χ0) is 29.1. The second-order valence-corrected chi connectivity index (χ2v) is 10.5. The van der Waals surface area contributed by atoms with Crippen LogP contribution in [0.4, 0.5) is 0 Å². The number of nitrogens with two attached hydrogens (primary N) is 6. The van der Waals surface area contributed by atoms with E-state index in [-0.39, 0.29) is 19.1 Å². The molecule has 228 valence electrons. The number of ether oxygens (including phenoxy) is 4. The van der Waals surface area contributed by atoms with Gasteiger partial charge in [0.1, 0.15) is 36.6 Å². The van der Waals surface area contributed by atoms with Crippen molar-refractivity contribution in [3.8, 4) is 0 Å². The first kappa shape index (κ1) is 32.4. The van der Waals surface area contributed by atoms with Gasteiger partial charge < -0.3 is 84.2 Å². The highest BCUT2D eigenvalue weighted by Gasteiger charge is 2.51. The fourth-order valence-corrected chi connectivity index (χ4v) is 5.03. The summed E-state index contributed by atoms with van der Waals surface area (Å²) < 4.78 is 23.3. The first-order valence-corrected chi connectivity index (χ1v) is 13.1. The third kappa shape index (κ3) is 7.03. The number of hydrogen-bond acceptors (Lipinski definition) is 16. The summed E-state index contributed by atoms with van der Waals surface area (Å²) in [6.45, 7) is -1.36. The second-order valence-electron chi connectivity index (χ2n) is 10.5. The van der Waals surface area contributed by atoms with Crippen LogP contribution in [0, 0.1) is 0 Å². The Morgan fingerprint density at radius 3 is 2.13 bits per heavy atom. The highest BCUT2D eigenvalue weighted by Crippen LogP contribution is 2.31. The van der Waals surface area contributed by atoms with E-state index in [1.54, 1.807) is 0 Å². The maximum absolute atomic E-state index is 12.9. The summed E-state index contributed by atoms with van der Waals surface area (Å²) in [6.07, 6.45) is -9.81. The lowest BCUT2D eigenvalue weighted by Crippen LogP contribution is -2.70. The van der Waals surface area contributed by atoms with Crippen LogP contribution in [0.2, 0.25) is 0 Å². The molecule has 0 aromatic rings. The zero-order valence-corrected chi connectivity index (χ0v) is 21.7. The number of hydrogen-bond donors (Lipinski definition) is 12. The van der Waals surface area contributed by atoms with Crippen LogP contribution < -0.4 is 39.7 Å². The maximum Gasteiger partial charge on any atom is 0.254 e. The average molecular weight is 568 g/mol. The highest BCUT2D eigenvalue weighted by molar-refractivity contribution is 5.85. The van der Waals surface area contributed by atoms with E-state index in [1.165, 1.54) is 0 Å². The molecule has 0 aromatic heterocycles. The van der Waals surface area contributed by atoms with Gasteiger partial charge in [0, 0.05) is 25.7 Å². The van der Waals surface area contributed by atoms with E-state index in [4.69, 9.17) is 53.3 Å². The minimum absolute atomic E-state index is 0.0352. The molecular weight excluding hydrogens is 522 g/mol. The highest BCUT2D eigenvalue weighted by atomic mass is 16.7. The molecule has 2 heterocycles. The van der Waals surface area contributed by atoms with Crippen molar-refractivity contribution in [2.75, 3.05) is 26.2 Å². The lowest BCUT2D eigenvalue weighted by atomic mass is 9.83.